The second-order valence-electron chi connectivity index (χ2n) is 4.78. The third-order valence-electron chi connectivity index (χ3n) is 3.01. The maximum Gasteiger partial charge on any atom is 0.243 e. The van der Waals surface area contributed by atoms with Gasteiger partial charge in [0.15, 0.2) is 0 Å². The number of nitrogens with one attached hydrogen (secondary N) is 1. The Labute approximate surface area is 109 Å². The highest BCUT2D eigenvalue weighted by Crippen LogP contribution is 2.27. The molecule has 0 aromatic rings. The summed E-state index contributed by atoms with van der Waals surface area (Å²) in [6.07, 6.45) is 0.907. The molecule has 0 saturated carbocycles. The predicted molar refractivity (Wildman–Crippen MR) is 69.5 cm³/mol. The number of likely N-dealkylation sites (N-methyl/N-ethyl adjacent to an activating group) is 1. The molecule has 0 heterocycles. The van der Waals surface area contributed by atoms with Gasteiger partial charge in [-0.1, -0.05) is 13.8 Å². The summed E-state index contributed by atoms with van der Waals surface area (Å²) in [5.74, 6) is -0.492. The Kier molecular flexibility index (Phi) is 6.39. The maximum absolute atomic E-state index is 12.2. The van der Waals surface area contributed by atoms with Crippen molar-refractivity contribution >= 4 is 11.8 Å². The fourth-order valence-corrected chi connectivity index (χ4v) is 1.78. The second kappa shape index (κ2) is 7.00. The van der Waals surface area contributed by atoms with E-state index in [0.717, 1.165) is 0 Å². The minimum atomic E-state index is -1.01. The van der Waals surface area contributed by atoms with Gasteiger partial charge in [-0.3, -0.25) is 9.59 Å². The number of amides is 2. The lowest BCUT2D eigenvalue weighted by Crippen LogP contribution is -2.46. The average molecular weight is 253 g/mol. The van der Waals surface area contributed by atoms with Gasteiger partial charge >= 0.3 is 0 Å². The summed E-state index contributed by atoms with van der Waals surface area (Å²) in [5.41, 5.74) is -1.01. The lowest BCUT2D eigenvalue weighted by Gasteiger charge is -2.28. The molecular formula is C13H23N3O2. The zero-order valence-electron chi connectivity index (χ0n) is 11.9. The highest BCUT2D eigenvalue weighted by atomic mass is 16.2. The van der Waals surface area contributed by atoms with E-state index in [1.807, 2.05) is 27.7 Å². The van der Waals surface area contributed by atoms with Crippen LogP contribution >= 0.6 is 0 Å². The van der Waals surface area contributed by atoms with Crippen LogP contribution in [-0.2, 0) is 9.59 Å². The van der Waals surface area contributed by atoms with Gasteiger partial charge in [0, 0.05) is 13.1 Å². The van der Waals surface area contributed by atoms with Gasteiger partial charge in [-0.25, -0.2) is 0 Å². The first-order chi connectivity index (χ1) is 8.32. The molecule has 0 aromatic heterocycles. The van der Waals surface area contributed by atoms with Crippen LogP contribution < -0.4 is 5.32 Å². The van der Waals surface area contributed by atoms with Crippen LogP contribution in [0.15, 0.2) is 0 Å². The number of hydrogen-bond acceptors (Lipinski definition) is 3. The molecule has 0 atom stereocenters. The van der Waals surface area contributed by atoms with Crippen molar-refractivity contribution in [3.05, 3.63) is 0 Å². The van der Waals surface area contributed by atoms with Crippen LogP contribution in [0.25, 0.3) is 0 Å². The van der Waals surface area contributed by atoms with Crippen LogP contribution in [0.3, 0.4) is 0 Å². The van der Waals surface area contributed by atoms with Gasteiger partial charge < -0.3 is 10.2 Å². The van der Waals surface area contributed by atoms with Crippen molar-refractivity contribution in [1.29, 1.82) is 5.26 Å². The monoisotopic (exact) mass is 253 g/mol. The molecule has 0 aliphatic carbocycles. The van der Waals surface area contributed by atoms with Crippen molar-refractivity contribution < 1.29 is 9.59 Å². The second-order valence-corrected chi connectivity index (χ2v) is 4.78. The van der Waals surface area contributed by atoms with Gasteiger partial charge in [-0.05, 0) is 26.7 Å². The molecule has 0 unspecified atom stereocenters. The molecule has 0 spiro atoms. The maximum atomic E-state index is 12.2. The van der Waals surface area contributed by atoms with E-state index < -0.39 is 5.41 Å². The van der Waals surface area contributed by atoms with Crippen molar-refractivity contribution in [2.45, 2.75) is 46.6 Å². The van der Waals surface area contributed by atoms with E-state index in [9.17, 15) is 14.9 Å². The quantitative estimate of drug-likeness (QED) is 0.775. The molecule has 0 aromatic carbocycles. The van der Waals surface area contributed by atoms with Gasteiger partial charge in [-0.15, -0.1) is 0 Å². The van der Waals surface area contributed by atoms with Crippen LogP contribution in [-0.4, -0.2) is 36.3 Å². The van der Waals surface area contributed by atoms with Crippen molar-refractivity contribution in [3.63, 3.8) is 0 Å². The van der Waals surface area contributed by atoms with Crippen LogP contribution in [0.5, 0.6) is 0 Å². The molecule has 1 N–H and O–H groups in total. The van der Waals surface area contributed by atoms with E-state index in [0.29, 0.717) is 12.8 Å². The highest BCUT2D eigenvalue weighted by molar-refractivity contribution is 5.89. The minimum absolute atomic E-state index is 0.0134. The number of nitrogens with zero attached hydrogens (tertiary/aromatic N) is 2. The summed E-state index contributed by atoms with van der Waals surface area (Å²) in [6.45, 7) is 7.33. The molecule has 0 aliphatic heterocycles. The van der Waals surface area contributed by atoms with Gasteiger partial charge in [0.05, 0.1) is 12.6 Å². The molecular weight excluding hydrogens is 230 g/mol. The molecule has 0 radical (unpaired) electrons. The lowest BCUT2D eigenvalue weighted by molar-refractivity contribution is -0.141. The third kappa shape index (κ3) is 4.02. The third-order valence-corrected chi connectivity index (χ3v) is 3.01. The first-order valence-electron chi connectivity index (χ1n) is 6.29. The van der Waals surface area contributed by atoms with Crippen LogP contribution in [0.2, 0.25) is 0 Å². The molecule has 18 heavy (non-hydrogen) atoms. The van der Waals surface area contributed by atoms with Crippen molar-refractivity contribution in [2.75, 3.05) is 13.6 Å². The number of hydrogen-bond donors (Lipinski definition) is 1. The van der Waals surface area contributed by atoms with E-state index in [1.165, 1.54) is 4.90 Å². The van der Waals surface area contributed by atoms with E-state index in [-0.39, 0.29) is 24.4 Å². The van der Waals surface area contributed by atoms with Gasteiger partial charge in [0.1, 0.15) is 5.41 Å². The molecule has 0 bridgehead atoms. The van der Waals surface area contributed by atoms with E-state index >= 15 is 0 Å². The van der Waals surface area contributed by atoms with Crippen molar-refractivity contribution in [1.82, 2.24) is 10.2 Å². The average Bonchev–Trinajstić information content (AvgIpc) is 2.30. The fraction of sp³-hybridized carbons (Fsp3) is 0.769. The summed E-state index contributed by atoms with van der Waals surface area (Å²) in [7, 11) is 1.56. The van der Waals surface area contributed by atoms with Crippen LogP contribution in [0.4, 0.5) is 0 Å². The van der Waals surface area contributed by atoms with Crippen LogP contribution in [0.1, 0.15) is 40.5 Å². The van der Waals surface area contributed by atoms with E-state index in [4.69, 9.17) is 0 Å². The first-order valence-corrected chi connectivity index (χ1v) is 6.29. The number of rotatable bonds is 6. The van der Waals surface area contributed by atoms with E-state index in [1.54, 1.807) is 7.05 Å². The summed E-state index contributed by atoms with van der Waals surface area (Å²) < 4.78 is 0. The predicted octanol–water partition coefficient (Wildman–Crippen LogP) is 1.30. The zero-order chi connectivity index (χ0) is 14.3. The molecule has 5 nitrogen and oxygen atoms in total. The van der Waals surface area contributed by atoms with Gasteiger partial charge in [-0.2, -0.15) is 5.26 Å². The molecule has 0 rings (SSSR count). The Bertz CT molecular complexity index is 341. The van der Waals surface area contributed by atoms with Crippen LogP contribution in [0, 0.1) is 16.7 Å². The lowest BCUT2D eigenvalue weighted by atomic mass is 9.82. The van der Waals surface area contributed by atoms with Gasteiger partial charge in [0.2, 0.25) is 11.8 Å². The van der Waals surface area contributed by atoms with E-state index in [2.05, 4.69) is 11.4 Å². The molecule has 0 saturated heterocycles. The molecule has 0 aliphatic rings. The number of nitriles is 1. The zero-order valence-corrected chi connectivity index (χ0v) is 11.9. The van der Waals surface area contributed by atoms with Gasteiger partial charge in [0.25, 0.3) is 0 Å². The number of carbonyl (C=O) groups is 2. The summed E-state index contributed by atoms with van der Waals surface area (Å²) in [5, 5.41) is 11.9. The Hall–Kier alpha value is -1.57. The molecule has 102 valence electrons. The topological polar surface area (TPSA) is 73.2 Å². The van der Waals surface area contributed by atoms with Crippen molar-refractivity contribution in [3.8, 4) is 6.07 Å². The Balaban J connectivity index is 4.70. The largest absolute Gasteiger partial charge is 0.352 e. The summed E-state index contributed by atoms with van der Waals surface area (Å²) in [6, 6.07) is 2.13. The molecule has 5 heteroatoms. The summed E-state index contributed by atoms with van der Waals surface area (Å²) >= 11 is 0. The Morgan fingerprint density at radius 1 is 1.33 bits per heavy atom. The minimum Gasteiger partial charge on any atom is -0.352 e. The Morgan fingerprint density at radius 2 is 1.83 bits per heavy atom. The normalized spacial score (nSPS) is 10.9. The summed E-state index contributed by atoms with van der Waals surface area (Å²) in [4.78, 5) is 25.1. The highest BCUT2D eigenvalue weighted by Gasteiger charge is 2.37. The number of carbonyl (C=O) groups excluding carboxylic acids is 2. The smallest absolute Gasteiger partial charge is 0.243 e. The Morgan fingerprint density at radius 3 is 2.17 bits per heavy atom. The first kappa shape index (κ1) is 16.4. The SMILES string of the molecule is CCC(C#N)(CC)C(=O)N(C)CC(=O)NC(C)C. The molecule has 2 amide bonds. The molecule has 0 fully saturated rings. The fourth-order valence-electron chi connectivity index (χ4n) is 1.78. The van der Waals surface area contributed by atoms with Crippen molar-refractivity contribution in [2.24, 2.45) is 5.41 Å². The standard InChI is InChI=1S/C13H23N3O2/c1-6-13(7-2,9-14)12(18)16(5)8-11(17)15-10(3)4/h10H,6-8H2,1-5H3,(H,15,17).